The number of alkyl halides is 1. The summed E-state index contributed by atoms with van der Waals surface area (Å²) in [6, 6.07) is 7.88. The standard InChI is InChI=1S/C17H22ClFN2O3/c1-17(2,3)24-16(23)20-10-9-13(19)14(20)15(22)21(18)11-12-7-5-4-6-8-12/h4-8,13-14H,9-11H2,1-3H3. The van der Waals surface area contributed by atoms with Gasteiger partial charge < -0.3 is 4.74 Å². The number of amides is 2. The van der Waals surface area contributed by atoms with Crippen LogP contribution in [0.15, 0.2) is 30.3 Å². The highest BCUT2D eigenvalue weighted by Gasteiger charge is 2.45. The number of nitrogens with zero attached hydrogens (tertiary/aromatic N) is 2. The molecule has 0 spiro atoms. The number of ether oxygens (including phenoxy) is 1. The molecule has 0 aromatic heterocycles. The average molecular weight is 357 g/mol. The Morgan fingerprint density at radius 3 is 2.54 bits per heavy atom. The molecule has 2 atom stereocenters. The molecular formula is C17H22ClFN2O3. The normalized spacial score (nSPS) is 20.8. The lowest BCUT2D eigenvalue weighted by Gasteiger charge is -2.29. The van der Waals surface area contributed by atoms with Gasteiger partial charge in [0.25, 0.3) is 5.91 Å². The van der Waals surface area contributed by atoms with Crippen molar-refractivity contribution < 1.29 is 18.7 Å². The fourth-order valence-electron chi connectivity index (χ4n) is 2.53. The van der Waals surface area contributed by atoms with Gasteiger partial charge in [-0.3, -0.25) is 9.69 Å². The maximum absolute atomic E-state index is 14.2. The van der Waals surface area contributed by atoms with Crippen molar-refractivity contribution in [3.8, 4) is 0 Å². The lowest BCUT2D eigenvalue weighted by Crippen LogP contribution is -2.49. The molecule has 1 aliphatic rings. The third kappa shape index (κ3) is 4.60. The Hall–Kier alpha value is -1.82. The first-order chi connectivity index (χ1) is 11.2. The number of hydrogen-bond donors (Lipinski definition) is 0. The van der Waals surface area contributed by atoms with Crippen molar-refractivity contribution in [1.82, 2.24) is 9.32 Å². The summed E-state index contributed by atoms with van der Waals surface area (Å²) < 4.78 is 20.4. The number of halogens is 2. The highest BCUT2D eigenvalue weighted by molar-refractivity contribution is 6.22. The maximum atomic E-state index is 14.2. The molecule has 1 fully saturated rings. The zero-order valence-electron chi connectivity index (χ0n) is 14.0. The number of likely N-dealkylation sites (tertiary alicyclic amines) is 1. The van der Waals surface area contributed by atoms with E-state index in [2.05, 4.69) is 0 Å². The minimum absolute atomic E-state index is 0.0890. The van der Waals surface area contributed by atoms with Crippen LogP contribution in [0.3, 0.4) is 0 Å². The molecule has 1 aliphatic heterocycles. The molecule has 5 nitrogen and oxygen atoms in total. The average Bonchev–Trinajstić information content (AvgIpc) is 2.87. The Morgan fingerprint density at radius 2 is 1.96 bits per heavy atom. The molecule has 132 valence electrons. The van der Waals surface area contributed by atoms with E-state index < -0.39 is 29.8 Å². The molecule has 1 aromatic carbocycles. The van der Waals surface area contributed by atoms with E-state index in [1.54, 1.807) is 20.8 Å². The molecule has 1 saturated heterocycles. The second-order valence-electron chi connectivity index (χ2n) is 6.77. The van der Waals surface area contributed by atoms with Gasteiger partial charge in [-0.05, 0) is 32.8 Å². The van der Waals surface area contributed by atoms with Gasteiger partial charge in [-0.2, -0.15) is 0 Å². The van der Waals surface area contributed by atoms with Crippen LogP contribution in [-0.2, 0) is 16.1 Å². The van der Waals surface area contributed by atoms with Crippen LogP contribution in [0.5, 0.6) is 0 Å². The lowest BCUT2D eigenvalue weighted by atomic mass is 10.1. The van der Waals surface area contributed by atoms with Crippen LogP contribution in [0.1, 0.15) is 32.8 Å². The molecule has 0 bridgehead atoms. The molecule has 2 rings (SSSR count). The zero-order valence-corrected chi connectivity index (χ0v) is 14.8. The van der Waals surface area contributed by atoms with Crippen molar-refractivity contribution in [2.45, 2.75) is 51.6 Å². The summed E-state index contributed by atoms with van der Waals surface area (Å²) in [7, 11) is 0. The predicted octanol–water partition coefficient (Wildman–Crippen LogP) is 3.52. The smallest absolute Gasteiger partial charge is 0.411 e. The number of carbonyl (C=O) groups excluding carboxylic acids is 2. The second-order valence-corrected chi connectivity index (χ2v) is 7.18. The van der Waals surface area contributed by atoms with Gasteiger partial charge in [-0.25, -0.2) is 13.6 Å². The van der Waals surface area contributed by atoms with Crippen LogP contribution < -0.4 is 0 Å². The Kier molecular flexibility index (Phi) is 5.70. The summed E-state index contributed by atoms with van der Waals surface area (Å²) in [5.74, 6) is -0.642. The summed E-state index contributed by atoms with van der Waals surface area (Å²) in [4.78, 5) is 25.9. The Morgan fingerprint density at radius 1 is 1.33 bits per heavy atom. The van der Waals surface area contributed by atoms with Gasteiger partial charge >= 0.3 is 6.09 Å². The zero-order chi connectivity index (χ0) is 17.9. The number of benzene rings is 1. The summed E-state index contributed by atoms with van der Waals surface area (Å²) in [5.41, 5.74) is 0.0992. The Balaban J connectivity index is 2.08. The van der Waals surface area contributed by atoms with E-state index in [4.69, 9.17) is 16.5 Å². The van der Waals surface area contributed by atoms with Crippen LogP contribution in [0.4, 0.5) is 9.18 Å². The highest BCUT2D eigenvalue weighted by Crippen LogP contribution is 2.26. The van der Waals surface area contributed by atoms with Crippen molar-refractivity contribution in [1.29, 1.82) is 0 Å². The first-order valence-electron chi connectivity index (χ1n) is 7.84. The monoisotopic (exact) mass is 356 g/mol. The van der Waals surface area contributed by atoms with Gasteiger partial charge in [0, 0.05) is 18.3 Å². The molecule has 0 N–H and O–H groups in total. The largest absolute Gasteiger partial charge is 0.444 e. The van der Waals surface area contributed by atoms with E-state index in [0.29, 0.717) is 0 Å². The van der Waals surface area contributed by atoms with Crippen molar-refractivity contribution in [3.05, 3.63) is 35.9 Å². The summed E-state index contributed by atoms with van der Waals surface area (Å²) in [6.07, 6.45) is -2.07. The van der Waals surface area contributed by atoms with Crippen molar-refractivity contribution >= 4 is 23.8 Å². The molecule has 2 unspecified atom stereocenters. The van der Waals surface area contributed by atoms with Gasteiger partial charge in [0.1, 0.15) is 17.8 Å². The molecular weight excluding hydrogens is 335 g/mol. The van der Waals surface area contributed by atoms with Gasteiger partial charge in [0.05, 0.1) is 6.54 Å². The third-order valence-electron chi connectivity index (χ3n) is 3.61. The highest BCUT2D eigenvalue weighted by atomic mass is 35.5. The fraction of sp³-hybridized carbons (Fsp3) is 0.529. The third-order valence-corrected chi connectivity index (χ3v) is 3.89. The molecule has 0 aliphatic carbocycles. The molecule has 24 heavy (non-hydrogen) atoms. The van der Waals surface area contributed by atoms with Gasteiger partial charge in [-0.1, -0.05) is 30.3 Å². The van der Waals surface area contributed by atoms with Crippen LogP contribution in [-0.4, -0.2) is 45.7 Å². The Labute approximate surface area is 146 Å². The van der Waals surface area contributed by atoms with E-state index in [1.165, 1.54) is 0 Å². The minimum atomic E-state index is -1.46. The lowest BCUT2D eigenvalue weighted by molar-refractivity contribution is -0.133. The SMILES string of the molecule is CC(C)(C)OC(=O)N1CCC(F)C1C(=O)N(Cl)Cc1ccccc1. The predicted molar refractivity (Wildman–Crippen MR) is 89.1 cm³/mol. The van der Waals surface area contributed by atoms with E-state index in [1.807, 2.05) is 30.3 Å². The molecule has 2 amide bonds. The first-order valence-corrected chi connectivity index (χ1v) is 8.17. The number of carbonyl (C=O) groups is 2. The van der Waals surface area contributed by atoms with E-state index >= 15 is 0 Å². The molecule has 1 heterocycles. The van der Waals surface area contributed by atoms with E-state index in [0.717, 1.165) is 14.9 Å². The van der Waals surface area contributed by atoms with Gasteiger partial charge in [0.15, 0.2) is 0 Å². The summed E-state index contributed by atoms with van der Waals surface area (Å²) >= 11 is 6.05. The summed E-state index contributed by atoms with van der Waals surface area (Å²) in [5, 5.41) is 0. The maximum Gasteiger partial charge on any atom is 0.411 e. The molecule has 0 radical (unpaired) electrons. The minimum Gasteiger partial charge on any atom is -0.444 e. The van der Waals surface area contributed by atoms with Crippen LogP contribution in [0.25, 0.3) is 0 Å². The van der Waals surface area contributed by atoms with E-state index in [-0.39, 0.29) is 19.5 Å². The van der Waals surface area contributed by atoms with Crippen molar-refractivity contribution in [2.24, 2.45) is 0 Å². The van der Waals surface area contributed by atoms with Crippen LogP contribution in [0, 0.1) is 0 Å². The second kappa shape index (κ2) is 7.38. The fourth-order valence-corrected chi connectivity index (χ4v) is 2.77. The molecule has 0 saturated carbocycles. The molecule has 1 aromatic rings. The first kappa shape index (κ1) is 18.5. The summed E-state index contributed by atoms with van der Waals surface area (Å²) in [6.45, 7) is 5.41. The Bertz CT molecular complexity index is 591. The molecule has 7 heteroatoms. The number of hydrogen-bond acceptors (Lipinski definition) is 3. The van der Waals surface area contributed by atoms with Crippen molar-refractivity contribution in [2.75, 3.05) is 6.54 Å². The van der Waals surface area contributed by atoms with E-state index in [9.17, 15) is 14.0 Å². The topological polar surface area (TPSA) is 49.9 Å². The van der Waals surface area contributed by atoms with Crippen molar-refractivity contribution in [3.63, 3.8) is 0 Å². The quantitative estimate of drug-likeness (QED) is 0.779. The van der Waals surface area contributed by atoms with Gasteiger partial charge in [0.2, 0.25) is 0 Å². The van der Waals surface area contributed by atoms with Crippen LogP contribution in [0.2, 0.25) is 0 Å². The van der Waals surface area contributed by atoms with Gasteiger partial charge in [-0.15, -0.1) is 0 Å². The van der Waals surface area contributed by atoms with Crippen LogP contribution >= 0.6 is 11.8 Å². The number of rotatable bonds is 3.